The van der Waals surface area contributed by atoms with E-state index in [0.717, 1.165) is 0 Å². The van der Waals surface area contributed by atoms with Crippen LogP contribution < -0.4 is 5.32 Å². The Hall–Kier alpha value is -2.50. The van der Waals surface area contributed by atoms with Crippen LogP contribution in [0.5, 0.6) is 0 Å². The van der Waals surface area contributed by atoms with Crippen LogP contribution in [0.25, 0.3) is 0 Å². The highest BCUT2D eigenvalue weighted by Crippen LogP contribution is 2.26. The molecule has 0 aliphatic heterocycles. The lowest BCUT2D eigenvalue weighted by Gasteiger charge is -2.16. The normalized spacial score (nSPS) is 11.9. The van der Waals surface area contributed by atoms with Crippen molar-refractivity contribution < 1.29 is 13.7 Å². The zero-order chi connectivity index (χ0) is 14.7. The number of non-ortho nitro benzene ring substituents is 1. The molecule has 1 unspecified atom stereocenters. The summed E-state index contributed by atoms with van der Waals surface area (Å²) in [5, 5.41) is 13.5. The highest BCUT2D eigenvalue weighted by Gasteiger charge is 2.16. The van der Waals surface area contributed by atoms with Crippen LogP contribution in [0.4, 0.5) is 20.2 Å². The summed E-state index contributed by atoms with van der Waals surface area (Å²) in [7, 11) is 0. The maximum Gasteiger partial charge on any atom is 0.271 e. The number of anilines is 1. The highest BCUT2D eigenvalue weighted by atomic mass is 19.1. The molecule has 104 valence electrons. The van der Waals surface area contributed by atoms with Crippen molar-refractivity contribution in [2.75, 3.05) is 5.32 Å². The molecule has 1 N–H and O–H groups in total. The summed E-state index contributed by atoms with van der Waals surface area (Å²) < 4.78 is 27.2. The largest absolute Gasteiger partial charge is 0.378 e. The van der Waals surface area contributed by atoms with Crippen LogP contribution in [0.15, 0.2) is 42.5 Å². The molecular weight excluding hydrogens is 266 g/mol. The number of benzene rings is 2. The van der Waals surface area contributed by atoms with E-state index in [4.69, 9.17) is 0 Å². The second kappa shape index (κ2) is 5.64. The number of nitro groups is 1. The first-order valence-electron chi connectivity index (χ1n) is 5.94. The molecule has 2 aromatic rings. The molecular formula is C14H12F2N2O2. The molecule has 0 aliphatic carbocycles. The Morgan fingerprint density at radius 3 is 2.35 bits per heavy atom. The minimum Gasteiger partial charge on any atom is -0.378 e. The quantitative estimate of drug-likeness (QED) is 0.678. The lowest BCUT2D eigenvalue weighted by molar-refractivity contribution is -0.384. The summed E-state index contributed by atoms with van der Waals surface area (Å²) in [6.07, 6.45) is 0. The lowest BCUT2D eigenvalue weighted by atomic mass is 10.1. The zero-order valence-electron chi connectivity index (χ0n) is 10.6. The van der Waals surface area contributed by atoms with Crippen molar-refractivity contribution in [3.63, 3.8) is 0 Å². The Kier molecular flexibility index (Phi) is 3.93. The first kappa shape index (κ1) is 13.9. The summed E-state index contributed by atoms with van der Waals surface area (Å²) in [4.78, 5) is 10.1. The number of halogens is 2. The van der Waals surface area contributed by atoms with Crippen LogP contribution in [-0.4, -0.2) is 4.92 Å². The van der Waals surface area contributed by atoms with Crippen molar-refractivity contribution in [2.45, 2.75) is 13.0 Å². The van der Waals surface area contributed by atoms with Gasteiger partial charge in [0.15, 0.2) is 0 Å². The molecule has 0 aliphatic rings. The van der Waals surface area contributed by atoms with Crippen LogP contribution in [0.2, 0.25) is 0 Å². The number of rotatable bonds is 4. The molecule has 0 heterocycles. The zero-order valence-corrected chi connectivity index (χ0v) is 10.6. The molecule has 0 fully saturated rings. The van der Waals surface area contributed by atoms with E-state index in [0.29, 0.717) is 5.69 Å². The van der Waals surface area contributed by atoms with Crippen molar-refractivity contribution in [1.29, 1.82) is 0 Å². The van der Waals surface area contributed by atoms with Gasteiger partial charge < -0.3 is 5.32 Å². The Morgan fingerprint density at radius 1 is 1.15 bits per heavy atom. The third-order valence-electron chi connectivity index (χ3n) is 2.87. The monoisotopic (exact) mass is 278 g/mol. The smallest absolute Gasteiger partial charge is 0.271 e. The van der Waals surface area contributed by atoms with Gasteiger partial charge in [-0.1, -0.05) is 12.1 Å². The van der Waals surface area contributed by atoms with E-state index in [2.05, 4.69) is 5.32 Å². The SMILES string of the molecule is CC(Nc1cccc([N+](=O)[O-])c1)c1c(F)cccc1F. The van der Waals surface area contributed by atoms with Gasteiger partial charge in [-0.2, -0.15) is 0 Å². The Morgan fingerprint density at radius 2 is 1.75 bits per heavy atom. The minimum absolute atomic E-state index is 0.0868. The molecule has 0 bridgehead atoms. The summed E-state index contributed by atoms with van der Waals surface area (Å²) in [6.45, 7) is 1.58. The third-order valence-corrected chi connectivity index (χ3v) is 2.87. The molecule has 6 heteroatoms. The fraction of sp³-hybridized carbons (Fsp3) is 0.143. The predicted molar refractivity (Wildman–Crippen MR) is 71.5 cm³/mol. The number of nitro benzene ring substituents is 1. The molecule has 2 aromatic carbocycles. The van der Waals surface area contributed by atoms with Gasteiger partial charge in [0, 0.05) is 23.4 Å². The second-order valence-electron chi connectivity index (χ2n) is 4.31. The summed E-state index contributed by atoms with van der Waals surface area (Å²) >= 11 is 0. The van der Waals surface area contributed by atoms with E-state index in [-0.39, 0.29) is 11.3 Å². The maximum absolute atomic E-state index is 13.6. The number of hydrogen-bond acceptors (Lipinski definition) is 3. The topological polar surface area (TPSA) is 55.2 Å². The molecule has 4 nitrogen and oxygen atoms in total. The van der Waals surface area contributed by atoms with Crippen LogP contribution in [0.1, 0.15) is 18.5 Å². The fourth-order valence-electron chi connectivity index (χ4n) is 1.96. The van der Waals surface area contributed by atoms with Gasteiger partial charge in [-0.05, 0) is 25.1 Å². The van der Waals surface area contributed by atoms with Crippen LogP contribution in [0, 0.1) is 21.7 Å². The average Bonchev–Trinajstić information content (AvgIpc) is 2.38. The molecule has 1 atom stereocenters. The molecule has 0 aromatic heterocycles. The Labute approximate surface area is 114 Å². The molecule has 0 spiro atoms. The van der Waals surface area contributed by atoms with Gasteiger partial charge in [-0.3, -0.25) is 10.1 Å². The van der Waals surface area contributed by atoms with Gasteiger partial charge in [0.1, 0.15) is 11.6 Å². The molecule has 0 radical (unpaired) electrons. The summed E-state index contributed by atoms with van der Waals surface area (Å²) in [5.74, 6) is -1.31. The van der Waals surface area contributed by atoms with E-state index < -0.39 is 22.6 Å². The fourth-order valence-corrected chi connectivity index (χ4v) is 1.96. The lowest BCUT2D eigenvalue weighted by Crippen LogP contribution is -2.11. The van der Waals surface area contributed by atoms with E-state index in [9.17, 15) is 18.9 Å². The second-order valence-corrected chi connectivity index (χ2v) is 4.31. The number of hydrogen-bond donors (Lipinski definition) is 1. The van der Waals surface area contributed by atoms with Gasteiger partial charge in [-0.25, -0.2) is 8.78 Å². The first-order chi connectivity index (χ1) is 9.49. The van der Waals surface area contributed by atoms with E-state index in [1.807, 2.05) is 0 Å². The van der Waals surface area contributed by atoms with E-state index >= 15 is 0 Å². The van der Waals surface area contributed by atoms with Gasteiger partial charge in [0.25, 0.3) is 5.69 Å². The molecule has 0 saturated heterocycles. The van der Waals surface area contributed by atoms with Crippen molar-refractivity contribution in [2.24, 2.45) is 0 Å². The predicted octanol–water partition coefficient (Wildman–Crippen LogP) is 4.05. The van der Waals surface area contributed by atoms with E-state index in [1.165, 1.54) is 36.4 Å². The third kappa shape index (κ3) is 2.90. The van der Waals surface area contributed by atoms with Crippen molar-refractivity contribution in [3.05, 3.63) is 69.8 Å². The molecule has 0 amide bonds. The number of nitrogens with one attached hydrogen (secondary N) is 1. The van der Waals surface area contributed by atoms with Gasteiger partial charge in [-0.15, -0.1) is 0 Å². The summed E-state index contributed by atoms with van der Waals surface area (Å²) in [5.41, 5.74) is 0.240. The maximum atomic E-state index is 13.6. The summed E-state index contributed by atoms with van der Waals surface area (Å²) in [6, 6.07) is 8.74. The minimum atomic E-state index is -0.657. The van der Waals surface area contributed by atoms with Gasteiger partial charge in [0.2, 0.25) is 0 Å². The average molecular weight is 278 g/mol. The van der Waals surface area contributed by atoms with Crippen LogP contribution in [-0.2, 0) is 0 Å². The van der Waals surface area contributed by atoms with Crippen molar-refractivity contribution in [1.82, 2.24) is 0 Å². The molecule has 20 heavy (non-hydrogen) atoms. The van der Waals surface area contributed by atoms with Gasteiger partial charge >= 0.3 is 0 Å². The first-order valence-corrected chi connectivity index (χ1v) is 5.94. The van der Waals surface area contributed by atoms with Crippen LogP contribution >= 0.6 is 0 Å². The molecule has 2 rings (SSSR count). The van der Waals surface area contributed by atoms with E-state index in [1.54, 1.807) is 13.0 Å². The highest BCUT2D eigenvalue weighted by molar-refractivity contribution is 5.52. The van der Waals surface area contributed by atoms with Crippen molar-refractivity contribution in [3.8, 4) is 0 Å². The van der Waals surface area contributed by atoms with Crippen molar-refractivity contribution >= 4 is 11.4 Å². The Bertz CT molecular complexity index is 627. The number of nitrogens with zero attached hydrogens (tertiary/aromatic N) is 1. The standard InChI is InChI=1S/C14H12F2N2O2/c1-9(14-12(15)6-3-7-13(14)16)17-10-4-2-5-11(8-10)18(19)20/h2-9,17H,1H3. The van der Waals surface area contributed by atoms with Crippen LogP contribution in [0.3, 0.4) is 0 Å². The molecule has 0 saturated carbocycles. The van der Waals surface area contributed by atoms with Gasteiger partial charge in [0.05, 0.1) is 11.0 Å². The Balaban J connectivity index is 2.26.